The Morgan fingerprint density at radius 1 is 1.29 bits per heavy atom. The number of hydrogen-bond donors (Lipinski definition) is 1. The number of unbranched alkanes of at least 4 members (excludes halogenated alkanes) is 1. The van der Waals surface area contributed by atoms with Crippen molar-refractivity contribution in [3.63, 3.8) is 0 Å². The number of thioether (sulfide) groups is 1. The fraction of sp³-hybridized carbons (Fsp3) is 0.818. The summed E-state index contributed by atoms with van der Waals surface area (Å²) in [6.07, 6.45) is 2.31. The number of nitrogens with zero attached hydrogens (tertiary/aromatic N) is 3. The van der Waals surface area contributed by atoms with E-state index in [0.717, 1.165) is 42.9 Å². The van der Waals surface area contributed by atoms with Gasteiger partial charge >= 0.3 is 0 Å². The molecule has 1 rings (SSSR count). The summed E-state index contributed by atoms with van der Waals surface area (Å²) in [6, 6.07) is 0. The van der Waals surface area contributed by atoms with Gasteiger partial charge in [-0.3, -0.25) is 0 Å². The fourth-order valence-corrected chi connectivity index (χ4v) is 2.31. The molecule has 0 fully saturated rings. The molecular formula is C11H22N4OS. The first-order valence-electron chi connectivity index (χ1n) is 6.16. The highest BCUT2D eigenvalue weighted by molar-refractivity contribution is 7.99. The van der Waals surface area contributed by atoms with Crippen molar-refractivity contribution in [2.45, 2.75) is 44.9 Å². The average molecular weight is 258 g/mol. The SMILES string of the molecule is CCCCOCCSc1nnc(CN)n1CC. The number of aromatic nitrogens is 3. The molecule has 0 aliphatic heterocycles. The Morgan fingerprint density at radius 2 is 2.12 bits per heavy atom. The predicted octanol–water partition coefficient (Wildman–Crippen LogP) is 1.67. The molecule has 98 valence electrons. The lowest BCUT2D eigenvalue weighted by Crippen LogP contribution is -2.08. The van der Waals surface area contributed by atoms with Gasteiger partial charge < -0.3 is 15.0 Å². The third-order valence-corrected chi connectivity index (χ3v) is 3.32. The van der Waals surface area contributed by atoms with Crippen molar-refractivity contribution < 1.29 is 4.74 Å². The van der Waals surface area contributed by atoms with Crippen LogP contribution in [0.25, 0.3) is 0 Å². The molecule has 0 saturated heterocycles. The summed E-state index contributed by atoms with van der Waals surface area (Å²) >= 11 is 1.67. The first kappa shape index (κ1) is 14.5. The van der Waals surface area contributed by atoms with Crippen LogP contribution < -0.4 is 5.73 Å². The third kappa shape index (κ3) is 4.65. The Balaban J connectivity index is 2.29. The average Bonchev–Trinajstić information content (AvgIpc) is 2.75. The van der Waals surface area contributed by atoms with Gasteiger partial charge in [0, 0.05) is 18.9 Å². The zero-order valence-electron chi connectivity index (χ0n) is 10.7. The largest absolute Gasteiger partial charge is 0.381 e. The fourth-order valence-electron chi connectivity index (χ4n) is 1.43. The van der Waals surface area contributed by atoms with E-state index in [-0.39, 0.29) is 0 Å². The number of nitrogens with two attached hydrogens (primary N) is 1. The van der Waals surface area contributed by atoms with Crippen LogP contribution in [0.15, 0.2) is 5.16 Å². The van der Waals surface area contributed by atoms with Crippen molar-refractivity contribution in [2.24, 2.45) is 5.73 Å². The van der Waals surface area contributed by atoms with Gasteiger partial charge in [0.25, 0.3) is 0 Å². The molecule has 6 heteroatoms. The minimum absolute atomic E-state index is 0.439. The first-order valence-corrected chi connectivity index (χ1v) is 7.14. The molecule has 0 aliphatic rings. The normalized spacial score (nSPS) is 11.0. The predicted molar refractivity (Wildman–Crippen MR) is 70.0 cm³/mol. The zero-order valence-corrected chi connectivity index (χ0v) is 11.5. The highest BCUT2D eigenvalue weighted by Crippen LogP contribution is 2.16. The van der Waals surface area contributed by atoms with Crippen molar-refractivity contribution in [1.29, 1.82) is 0 Å². The van der Waals surface area contributed by atoms with Crippen LogP contribution in [0.1, 0.15) is 32.5 Å². The second-order valence-corrected chi connectivity index (χ2v) is 4.72. The summed E-state index contributed by atoms with van der Waals surface area (Å²) in [6.45, 7) is 7.15. The van der Waals surface area contributed by atoms with Gasteiger partial charge in [0.2, 0.25) is 0 Å². The number of hydrogen-bond acceptors (Lipinski definition) is 5. The Labute approximate surface area is 107 Å². The Kier molecular flexibility index (Phi) is 7.23. The van der Waals surface area contributed by atoms with Crippen LogP contribution in [0.4, 0.5) is 0 Å². The Hall–Kier alpha value is -0.590. The van der Waals surface area contributed by atoms with Gasteiger partial charge in [-0.25, -0.2) is 0 Å². The van der Waals surface area contributed by atoms with E-state index < -0.39 is 0 Å². The minimum atomic E-state index is 0.439. The molecule has 1 aromatic rings. The smallest absolute Gasteiger partial charge is 0.191 e. The summed E-state index contributed by atoms with van der Waals surface area (Å²) in [5.74, 6) is 1.76. The Bertz CT molecular complexity index is 316. The first-order chi connectivity index (χ1) is 8.33. The summed E-state index contributed by atoms with van der Waals surface area (Å²) in [7, 11) is 0. The van der Waals surface area contributed by atoms with Crippen molar-refractivity contribution in [1.82, 2.24) is 14.8 Å². The Morgan fingerprint density at radius 3 is 2.76 bits per heavy atom. The zero-order chi connectivity index (χ0) is 12.5. The molecule has 0 unspecified atom stereocenters. The topological polar surface area (TPSA) is 66.0 Å². The summed E-state index contributed by atoms with van der Waals surface area (Å²) < 4.78 is 7.55. The van der Waals surface area contributed by atoms with E-state index in [1.807, 2.05) is 0 Å². The summed E-state index contributed by atoms with van der Waals surface area (Å²) in [5.41, 5.74) is 5.59. The van der Waals surface area contributed by atoms with E-state index in [0.29, 0.717) is 6.54 Å². The molecule has 0 aromatic carbocycles. The van der Waals surface area contributed by atoms with E-state index in [4.69, 9.17) is 10.5 Å². The molecule has 17 heavy (non-hydrogen) atoms. The van der Waals surface area contributed by atoms with Gasteiger partial charge in [-0.05, 0) is 13.3 Å². The van der Waals surface area contributed by atoms with Crippen LogP contribution in [0.3, 0.4) is 0 Å². The van der Waals surface area contributed by atoms with Crippen LogP contribution in [-0.2, 0) is 17.8 Å². The second-order valence-electron chi connectivity index (χ2n) is 3.66. The number of ether oxygens (including phenoxy) is 1. The van der Waals surface area contributed by atoms with E-state index >= 15 is 0 Å². The molecule has 0 atom stereocenters. The molecule has 0 aliphatic carbocycles. The lowest BCUT2D eigenvalue weighted by Gasteiger charge is -2.06. The lowest BCUT2D eigenvalue weighted by atomic mass is 10.4. The molecule has 5 nitrogen and oxygen atoms in total. The molecule has 1 heterocycles. The molecule has 1 aromatic heterocycles. The van der Waals surface area contributed by atoms with Gasteiger partial charge in [0.1, 0.15) is 5.82 Å². The van der Waals surface area contributed by atoms with Crippen LogP contribution in [-0.4, -0.2) is 33.7 Å². The molecular weight excluding hydrogens is 236 g/mol. The number of rotatable bonds is 9. The summed E-state index contributed by atoms with van der Waals surface area (Å²) in [5, 5.41) is 9.13. The van der Waals surface area contributed by atoms with E-state index in [9.17, 15) is 0 Å². The van der Waals surface area contributed by atoms with Gasteiger partial charge in [-0.15, -0.1) is 10.2 Å². The summed E-state index contributed by atoms with van der Waals surface area (Å²) in [4.78, 5) is 0. The molecule has 0 saturated carbocycles. The molecule has 0 amide bonds. The van der Waals surface area contributed by atoms with E-state index in [1.165, 1.54) is 6.42 Å². The quantitative estimate of drug-likeness (QED) is 0.539. The van der Waals surface area contributed by atoms with Crippen LogP contribution in [0, 0.1) is 0 Å². The highest BCUT2D eigenvalue weighted by atomic mass is 32.2. The maximum atomic E-state index is 5.59. The molecule has 0 bridgehead atoms. The van der Waals surface area contributed by atoms with Crippen LogP contribution in [0.5, 0.6) is 0 Å². The maximum Gasteiger partial charge on any atom is 0.191 e. The lowest BCUT2D eigenvalue weighted by molar-refractivity contribution is 0.147. The highest BCUT2D eigenvalue weighted by Gasteiger charge is 2.09. The van der Waals surface area contributed by atoms with Crippen LogP contribution >= 0.6 is 11.8 Å². The standard InChI is InChI=1S/C11H22N4OS/c1-3-5-6-16-7-8-17-11-14-13-10(9-12)15(11)4-2/h3-9,12H2,1-2H3. The molecule has 0 radical (unpaired) electrons. The van der Waals surface area contributed by atoms with Crippen molar-refractivity contribution >= 4 is 11.8 Å². The monoisotopic (exact) mass is 258 g/mol. The van der Waals surface area contributed by atoms with Crippen LogP contribution in [0.2, 0.25) is 0 Å². The second kappa shape index (κ2) is 8.49. The van der Waals surface area contributed by atoms with Gasteiger partial charge in [-0.2, -0.15) is 0 Å². The van der Waals surface area contributed by atoms with Gasteiger partial charge in [-0.1, -0.05) is 25.1 Å². The third-order valence-electron chi connectivity index (χ3n) is 2.39. The van der Waals surface area contributed by atoms with Gasteiger partial charge in [0.05, 0.1) is 13.2 Å². The van der Waals surface area contributed by atoms with Crippen molar-refractivity contribution in [3.8, 4) is 0 Å². The van der Waals surface area contributed by atoms with Gasteiger partial charge in [0.15, 0.2) is 5.16 Å². The van der Waals surface area contributed by atoms with Crippen molar-refractivity contribution in [2.75, 3.05) is 19.0 Å². The van der Waals surface area contributed by atoms with Crippen molar-refractivity contribution in [3.05, 3.63) is 5.82 Å². The van der Waals surface area contributed by atoms with E-state index in [1.54, 1.807) is 11.8 Å². The maximum absolute atomic E-state index is 5.59. The van der Waals surface area contributed by atoms with E-state index in [2.05, 4.69) is 28.6 Å². The molecule has 2 N–H and O–H groups in total. The minimum Gasteiger partial charge on any atom is -0.381 e. The molecule has 0 spiro atoms.